The van der Waals surface area contributed by atoms with Crippen molar-refractivity contribution in [3.8, 4) is 5.75 Å². The van der Waals surface area contributed by atoms with Gasteiger partial charge in [-0.05, 0) is 49.2 Å². The maximum atomic E-state index is 13.0. The Morgan fingerprint density at radius 1 is 1.06 bits per heavy atom. The number of rotatable bonds is 9. The number of nitrogens with one attached hydrogen (secondary N) is 2. The molecule has 0 saturated carbocycles. The Hall–Kier alpha value is -3.07. The molecule has 0 aliphatic heterocycles. The molecule has 174 valence electrons. The van der Waals surface area contributed by atoms with Crippen LogP contribution in [0.3, 0.4) is 0 Å². The summed E-state index contributed by atoms with van der Waals surface area (Å²) in [5.74, 6) is -1.10. The van der Waals surface area contributed by atoms with Crippen molar-refractivity contribution in [3.63, 3.8) is 0 Å². The lowest BCUT2D eigenvalue weighted by Gasteiger charge is -2.17. The molecule has 0 saturated heterocycles. The van der Waals surface area contributed by atoms with E-state index in [2.05, 4.69) is 10.0 Å². The average Bonchev–Trinajstić information content (AvgIpc) is 2.77. The van der Waals surface area contributed by atoms with Gasteiger partial charge < -0.3 is 15.2 Å². The lowest BCUT2D eigenvalue weighted by Crippen LogP contribution is -2.24. The summed E-state index contributed by atoms with van der Waals surface area (Å²) in [5, 5.41) is 12.9. The molecule has 3 aromatic carbocycles. The van der Waals surface area contributed by atoms with Crippen LogP contribution in [0.4, 0.5) is 11.4 Å². The molecule has 0 unspecified atom stereocenters. The zero-order chi connectivity index (χ0) is 24.0. The molecule has 0 spiro atoms. The molecule has 3 aromatic rings. The van der Waals surface area contributed by atoms with Crippen LogP contribution in [0.15, 0.2) is 71.6 Å². The number of aryl methyl sites for hydroxylation is 1. The molecule has 0 heterocycles. The molecule has 7 nitrogen and oxygen atoms in total. The number of ether oxygens (including phenoxy) is 1. The van der Waals surface area contributed by atoms with Crippen LogP contribution in [-0.4, -0.2) is 32.6 Å². The number of aliphatic hydroxyl groups excluding tert-OH is 1. The standard InChI is InChI=1S/C24H25ClN2O5S/c1-3-32-22-14-18(26-24(29)20(15-28)17-7-5-4-6-8-17)11-12-23(22)33(30,31)27-19-10-9-16(2)21(25)13-19/h4-14,20,27-28H,3,15H2,1-2H3,(H,26,29)/t20-/m0/s1. The van der Waals surface area contributed by atoms with Crippen LogP contribution in [0.1, 0.15) is 24.0 Å². The number of carbonyl (C=O) groups excluding carboxylic acids is 1. The first-order chi connectivity index (χ1) is 15.7. The zero-order valence-electron chi connectivity index (χ0n) is 18.2. The van der Waals surface area contributed by atoms with Gasteiger partial charge in [-0.1, -0.05) is 48.0 Å². The molecule has 3 N–H and O–H groups in total. The number of sulfonamides is 1. The molecule has 1 amide bonds. The number of amides is 1. The van der Waals surface area contributed by atoms with Crippen molar-refractivity contribution in [2.75, 3.05) is 23.3 Å². The van der Waals surface area contributed by atoms with Gasteiger partial charge >= 0.3 is 0 Å². The number of halogens is 1. The van der Waals surface area contributed by atoms with E-state index in [4.69, 9.17) is 16.3 Å². The summed E-state index contributed by atoms with van der Waals surface area (Å²) in [6, 6.07) is 18.0. The minimum Gasteiger partial charge on any atom is -0.492 e. The average molecular weight is 489 g/mol. The van der Waals surface area contributed by atoms with Gasteiger partial charge in [-0.3, -0.25) is 9.52 Å². The van der Waals surface area contributed by atoms with E-state index in [1.165, 1.54) is 24.3 Å². The molecule has 0 radical (unpaired) electrons. The molecule has 0 fully saturated rings. The monoisotopic (exact) mass is 488 g/mol. The van der Waals surface area contributed by atoms with E-state index >= 15 is 0 Å². The zero-order valence-corrected chi connectivity index (χ0v) is 19.8. The minimum atomic E-state index is -3.99. The van der Waals surface area contributed by atoms with E-state index in [-0.39, 0.29) is 23.9 Å². The molecule has 33 heavy (non-hydrogen) atoms. The molecule has 0 bridgehead atoms. The van der Waals surface area contributed by atoms with Gasteiger partial charge in [0.25, 0.3) is 10.0 Å². The van der Waals surface area contributed by atoms with E-state index in [1.807, 2.05) is 13.0 Å². The maximum Gasteiger partial charge on any atom is 0.265 e. The summed E-state index contributed by atoms with van der Waals surface area (Å²) in [4.78, 5) is 12.7. The van der Waals surface area contributed by atoms with Crippen LogP contribution < -0.4 is 14.8 Å². The number of benzene rings is 3. The summed E-state index contributed by atoms with van der Waals surface area (Å²) in [7, 11) is -3.99. The predicted octanol–water partition coefficient (Wildman–Crippen LogP) is 4.56. The van der Waals surface area contributed by atoms with Crippen LogP contribution in [0.5, 0.6) is 5.75 Å². The Labute approximate surface area is 198 Å². The maximum absolute atomic E-state index is 13.0. The number of hydrogen-bond acceptors (Lipinski definition) is 5. The van der Waals surface area contributed by atoms with Gasteiger partial charge in [-0.2, -0.15) is 0 Å². The van der Waals surface area contributed by atoms with E-state index in [9.17, 15) is 18.3 Å². The molecular weight excluding hydrogens is 464 g/mol. The number of aliphatic hydroxyl groups is 1. The van der Waals surface area contributed by atoms with Crippen LogP contribution in [0.25, 0.3) is 0 Å². The Morgan fingerprint density at radius 2 is 1.76 bits per heavy atom. The quantitative estimate of drug-likeness (QED) is 0.409. The molecule has 9 heteroatoms. The highest BCUT2D eigenvalue weighted by molar-refractivity contribution is 7.92. The third-order valence-corrected chi connectivity index (χ3v) is 6.75. The highest BCUT2D eigenvalue weighted by Gasteiger charge is 2.23. The number of hydrogen-bond donors (Lipinski definition) is 3. The summed E-state index contributed by atoms with van der Waals surface area (Å²) >= 11 is 6.10. The third-order valence-electron chi connectivity index (χ3n) is 4.93. The van der Waals surface area contributed by atoms with Crippen LogP contribution in [0, 0.1) is 6.92 Å². The van der Waals surface area contributed by atoms with E-state index in [0.717, 1.165) is 5.56 Å². The van der Waals surface area contributed by atoms with Crippen molar-refractivity contribution >= 4 is 38.9 Å². The Bertz CT molecular complexity index is 1230. The lowest BCUT2D eigenvalue weighted by molar-refractivity contribution is -0.118. The van der Waals surface area contributed by atoms with Crippen molar-refractivity contribution in [2.45, 2.75) is 24.7 Å². The number of carbonyl (C=O) groups is 1. The van der Waals surface area contributed by atoms with Crippen molar-refractivity contribution in [1.29, 1.82) is 0 Å². The van der Waals surface area contributed by atoms with Crippen molar-refractivity contribution in [3.05, 3.63) is 82.9 Å². The fraction of sp³-hybridized carbons (Fsp3) is 0.208. The smallest absolute Gasteiger partial charge is 0.265 e. The second-order valence-corrected chi connectivity index (χ2v) is 9.36. The van der Waals surface area contributed by atoms with Gasteiger partial charge in [-0.15, -0.1) is 0 Å². The topological polar surface area (TPSA) is 105 Å². The number of anilines is 2. The second kappa shape index (κ2) is 10.7. The first kappa shape index (κ1) is 24.6. The fourth-order valence-electron chi connectivity index (χ4n) is 3.20. The van der Waals surface area contributed by atoms with Gasteiger partial charge in [0.2, 0.25) is 5.91 Å². The molecular formula is C24H25ClN2O5S. The molecule has 0 aliphatic rings. The molecule has 1 atom stereocenters. The van der Waals surface area contributed by atoms with Gasteiger partial charge in [0, 0.05) is 16.8 Å². The first-order valence-electron chi connectivity index (χ1n) is 10.3. The third kappa shape index (κ3) is 6.04. The van der Waals surface area contributed by atoms with Crippen molar-refractivity contribution in [1.82, 2.24) is 0 Å². The van der Waals surface area contributed by atoms with E-state index in [0.29, 0.717) is 22.0 Å². The predicted molar refractivity (Wildman–Crippen MR) is 130 cm³/mol. The van der Waals surface area contributed by atoms with Crippen LogP contribution in [-0.2, 0) is 14.8 Å². The van der Waals surface area contributed by atoms with E-state index in [1.54, 1.807) is 43.3 Å². The summed E-state index contributed by atoms with van der Waals surface area (Å²) in [6.07, 6.45) is 0. The summed E-state index contributed by atoms with van der Waals surface area (Å²) in [6.45, 7) is 3.40. The van der Waals surface area contributed by atoms with Gasteiger partial charge in [0.15, 0.2) is 0 Å². The van der Waals surface area contributed by atoms with Gasteiger partial charge in [0.05, 0.1) is 24.8 Å². The first-order valence-corrected chi connectivity index (χ1v) is 12.1. The summed E-state index contributed by atoms with van der Waals surface area (Å²) < 4.78 is 34.1. The largest absolute Gasteiger partial charge is 0.492 e. The fourth-order valence-corrected chi connectivity index (χ4v) is 4.55. The molecule has 0 aliphatic carbocycles. The Morgan fingerprint density at radius 3 is 2.39 bits per heavy atom. The Balaban J connectivity index is 1.86. The SMILES string of the molecule is CCOc1cc(NC(=O)[C@@H](CO)c2ccccc2)ccc1S(=O)(=O)Nc1ccc(C)c(Cl)c1. The summed E-state index contributed by atoms with van der Waals surface area (Å²) in [5.41, 5.74) is 2.16. The van der Waals surface area contributed by atoms with Crippen molar-refractivity contribution < 1.29 is 23.1 Å². The van der Waals surface area contributed by atoms with Crippen molar-refractivity contribution in [2.24, 2.45) is 0 Å². The highest BCUT2D eigenvalue weighted by atomic mass is 35.5. The minimum absolute atomic E-state index is 0.0826. The lowest BCUT2D eigenvalue weighted by atomic mass is 9.99. The second-order valence-electron chi connectivity index (χ2n) is 7.30. The van der Waals surface area contributed by atoms with Crippen LogP contribution in [0.2, 0.25) is 5.02 Å². The normalized spacial score (nSPS) is 12.1. The molecule has 3 rings (SSSR count). The molecule has 0 aromatic heterocycles. The van der Waals surface area contributed by atoms with E-state index < -0.39 is 21.8 Å². The van der Waals surface area contributed by atoms with Gasteiger partial charge in [-0.25, -0.2) is 8.42 Å². The van der Waals surface area contributed by atoms with Gasteiger partial charge in [0.1, 0.15) is 10.6 Å². The van der Waals surface area contributed by atoms with Crippen LogP contribution >= 0.6 is 11.6 Å². The Kier molecular flexibility index (Phi) is 7.97. The highest BCUT2D eigenvalue weighted by Crippen LogP contribution is 2.31.